The van der Waals surface area contributed by atoms with Crippen LogP contribution in [0.25, 0.3) is 0 Å². The third-order valence-electron chi connectivity index (χ3n) is 6.69. The highest BCUT2D eigenvalue weighted by molar-refractivity contribution is 6.04. The summed E-state index contributed by atoms with van der Waals surface area (Å²) in [4.78, 5) is 4.64. The first-order valence-corrected chi connectivity index (χ1v) is 11.0. The van der Waals surface area contributed by atoms with Gasteiger partial charge in [-0.2, -0.15) is 0 Å². The molecular weight excluding hydrogens is 348 g/mol. The summed E-state index contributed by atoms with van der Waals surface area (Å²) >= 11 is 0. The van der Waals surface area contributed by atoms with Gasteiger partial charge in [0.15, 0.2) is 0 Å². The lowest BCUT2D eigenvalue weighted by molar-refractivity contribution is 0.0107. The Hall–Kier alpha value is -1.97. The molecule has 0 bridgehead atoms. The number of nitrogens with one attached hydrogen (secondary N) is 1. The number of fused-ring (bicyclic) bond motifs is 3. The third kappa shape index (κ3) is 3.31. The number of nitrogens with zero attached hydrogens (tertiary/aromatic N) is 1. The van der Waals surface area contributed by atoms with Crippen LogP contribution in [0.1, 0.15) is 82.4 Å². The molecule has 4 rings (SSSR count). The quantitative estimate of drug-likeness (QED) is 0.551. The number of rotatable bonds is 5. The van der Waals surface area contributed by atoms with Crippen molar-refractivity contribution in [2.24, 2.45) is 10.9 Å². The fraction of sp³-hybridized carbons (Fsp3) is 0.625. The number of benzene rings is 1. The molecule has 4 nitrogen and oxygen atoms in total. The summed E-state index contributed by atoms with van der Waals surface area (Å²) in [7, 11) is 0. The Morgan fingerprint density at radius 3 is 2.86 bits per heavy atom. The fourth-order valence-corrected chi connectivity index (χ4v) is 5.20. The van der Waals surface area contributed by atoms with E-state index in [0.29, 0.717) is 11.7 Å². The molecule has 2 aliphatic heterocycles. The second-order valence-electron chi connectivity index (χ2n) is 9.17. The highest BCUT2D eigenvalue weighted by Gasteiger charge is 2.46. The first-order valence-electron chi connectivity index (χ1n) is 11.0. The van der Waals surface area contributed by atoms with Crippen molar-refractivity contribution in [3.05, 3.63) is 34.4 Å². The van der Waals surface area contributed by atoms with Crippen molar-refractivity contribution in [3.8, 4) is 11.5 Å². The molecule has 0 spiro atoms. The van der Waals surface area contributed by atoms with Gasteiger partial charge in [-0.05, 0) is 58.1 Å². The number of phenols is 1. The zero-order valence-corrected chi connectivity index (χ0v) is 17.8. The summed E-state index contributed by atoms with van der Waals surface area (Å²) in [5.74, 6) is 2.69. The van der Waals surface area contributed by atoms with E-state index in [1.807, 2.05) is 0 Å². The van der Waals surface area contributed by atoms with E-state index in [-0.39, 0.29) is 11.5 Å². The van der Waals surface area contributed by atoms with Gasteiger partial charge in [-0.15, -0.1) is 0 Å². The number of phenolic OH excluding ortho intramolecular Hbond substituents is 1. The Morgan fingerprint density at radius 2 is 2.14 bits per heavy atom. The molecule has 2 N–H and O–H groups in total. The standard InChI is InChI=1S/C24H34N2O2/c1-5-6-7-8-16-14-19-21(22(27)20(16)23-25-11-12-26-23)17-13-15(2)9-10-18(17)24(3,4)28-19/h13-14,17-18,27H,5-12H2,1-4H3,(H,25,26)/t17-,18-/m1/s1. The van der Waals surface area contributed by atoms with E-state index in [0.717, 1.165) is 67.0 Å². The van der Waals surface area contributed by atoms with E-state index in [4.69, 9.17) is 4.74 Å². The molecule has 4 heteroatoms. The third-order valence-corrected chi connectivity index (χ3v) is 6.69. The number of amidine groups is 1. The molecule has 0 saturated heterocycles. The maximum atomic E-state index is 11.5. The second kappa shape index (κ2) is 7.46. The van der Waals surface area contributed by atoms with E-state index < -0.39 is 0 Å². The minimum atomic E-state index is -0.230. The lowest BCUT2D eigenvalue weighted by atomic mass is 9.67. The Balaban J connectivity index is 1.86. The maximum absolute atomic E-state index is 11.5. The van der Waals surface area contributed by atoms with Gasteiger partial charge in [-0.25, -0.2) is 0 Å². The molecule has 0 fully saturated rings. The Morgan fingerprint density at radius 1 is 1.32 bits per heavy atom. The largest absolute Gasteiger partial charge is 0.507 e. The molecular formula is C24H34N2O2. The van der Waals surface area contributed by atoms with Gasteiger partial charge in [0.05, 0.1) is 12.1 Å². The second-order valence-corrected chi connectivity index (χ2v) is 9.17. The molecule has 0 unspecified atom stereocenters. The number of allylic oxidation sites excluding steroid dienone is 2. The van der Waals surface area contributed by atoms with E-state index >= 15 is 0 Å². The van der Waals surface area contributed by atoms with E-state index in [1.54, 1.807) is 0 Å². The maximum Gasteiger partial charge on any atom is 0.134 e. The predicted octanol–water partition coefficient (Wildman–Crippen LogP) is 5.09. The molecule has 0 radical (unpaired) electrons. The first kappa shape index (κ1) is 19.4. The van der Waals surface area contributed by atoms with Crippen LogP contribution < -0.4 is 10.1 Å². The van der Waals surface area contributed by atoms with Gasteiger partial charge in [0.1, 0.15) is 22.9 Å². The van der Waals surface area contributed by atoms with Gasteiger partial charge in [-0.3, -0.25) is 4.99 Å². The van der Waals surface area contributed by atoms with Crippen LogP contribution in [0.15, 0.2) is 22.7 Å². The summed E-state index contributed by atoms with van der Waals surface area (Å²) < 4.78 is 6.52. The van der Waals surface area contributed by atoms with Crippen molar-refractivity contribution in [2.45, 2.75) is 77.7 Å². The molecule has 1 aromatic carbocycles. The molecule has 0 saturated carbocycles. The highest BCUT2D eigenvalue weighted by atomic mass is 16.5. The Kier molecular flexibility index (Phi) is 5.15. The van der Waals surface area contributed by atoms with Crippen LogP contribution in [0.2, 0.25) is 0 Å². The average molecular weight is 383 g/mol. The summed E-state index contributed by atoms with van der Waals surface area (Å²) in [5, 5.41) is 14.9. The number of hydrogen-bond acceptors (Lipinski definition) is 4. The van der Waals surface area contributed by atoms with Crippen LogP contribution in [-0.2, 0) is 6.42 Å². The first-order chi connectivity index (χ1) is 13.4. The number of aromatic hydroxyl groups is 1. The zero-order chi connectivity index (χ0) is 19.9. The molecule has 28 heavy (non-hydrogen) atoms. The van der Waals surface area contributed by atoms with Gasteiger partial charge < -0.3 is 15.2 Å². The lowest BCUT2D eigenvalue weighted by Gasteiger charge is -2.46. The van der Waals surface area contributed by atoms with E-state index in [9.17, 15) is 5.11 Å². The zero-order valence-electron chi connectivity index (χ0n) is 17.8. The molecule has 1 aliphatic carbocycles. The smallest absolute Gasteiger partial charge is 0.134 e. The minimum absolute atomic E-state index is 0.206. The van der Waals surface area contributed by atoms with Gasteiger partial charge in [-0.1, -0.05) is 31.4 Å². The topological polar surface area (TPSA) is 53.9 Å². The molecule has 2 heterocycles. The van der Waals surface area contributed by atoms with Crippen molar-refractivity contribution in [1.29, 1.82) is 0 Å². The van der Waals surface area contributed by atoms with E-state index in [2.05, 4.69) is 50.1 Å². The van der Waals surface area contributed by atoms with E-state index in [1.165, 1.54) is 18.4 Å². The van der Waals surface area contributed by atoms with Gasteiger partial charge >= 0.3 is 0 Å². The van der Waals surface area contributed by atoms with Crippen LogP contribution in [0, 0.1) is 5.92 Å². The molecule has 152 valence electrons. The van der Waals surface area contributed by atoms with Crippen LogP contribution in [0.4, 0.5) is 0 Å². The van der Waals surface area contributed by atoms with Crippen LogP contribution in [0.5, 0.6) is 11.5 Å². The van der Waals surface area contributed by atoms with Crippen LogP contribution in [0.3, 0.4) is 0 Å². The molecule has 1 aromatic rings. The normalized spacial score (nSPS) is 25.1. The molecule has 2 atom stereocenters. The van der Waals surface area contributed by atoms with Crippen LogP contribution in [-0.4, -0.2) is 29.6 Å². The number of aliphatic imine (C=N–C) groups is 1. The highest BCUT2D eigenvalue weighted by Crippen LogP contribution is 2.54. The summed E-state index contributed by atoms with van der Waals surface area (Å²) in [5.41, 5.74) is 4.21. The molecule has 0 aromatic heterocycles. The molecule has 3 aliphatic rings. The SMILES string of the molecule is CCCCCc1cc2c(c(O)c1C1=NCCN1)[C@@H]1C=C(C)CC[C@H]1C(C)(C)O2. The van der Waals surface area contributed by atoms with Crippen LogP contribution >= 0.6 is 0 Å². The van der Waals surface area contributed by atoms with Crippen molar-refractivity contribution < 1.29 is 9.84 Å². The van der Waals surface area contributed by atoms with Crippen molar-refractivity contribution >= 4 is 5.84 Å². The Bertz CT molecular complexity index is 822. The molecule has 0 amide bonds. The van der Waals surface area contributed by atoms with Gasteiger partial charge in [0.25, 0.3) is 0 Å². The van der Waals surface area contributed by atoms with Crippen molar-refractivity contribution in [2.75, 3.05) is 13.1 Å². The number of ether oxygens (including phenoxy) is 1. The summed E-state index contributed by atoms with van der Waals surface area (Å²) in [6.45, 7) is 10.4. The van der Waals surface area contributed by atoms with Crippen molar-refractivity contribution in [3.63, 3.8) is 0 Å². The number of aryl methyl sites for hydroxylation is 1. The minimum Gasteiger partial charge on any atom is -0.507 e. The van der Waals surface area contributed by atoms with Gasteiger partial charge in [0.2, 0.25) is 0 Å². The fourth-order valence-electron chi connectivity index (χ4n) is 5.20. The van der Waals surface area contributed by atoms with Crippen molar-refractivity contribution in [1.82, 2.24) is 5.32 Å². The summed E-state index contributed by atoms with van der Waals surface area (Å²) in [6.07, 6.45) is 9.01. The average Bonchev–Trinajstić information content (AvgIpc) is 3.15. The number of unbranched alkanes of at least 4 members (excludes halogenated alkanes) is 2. The predicted molar refractivity (Wildman–Crippen MR) is 115 cm³/mol. The summed E-state index contributed by atoms with van der Waals surface area (Å²) in [6, 6.07) is 2.19. The number of hydrogen-bond donors (Lipinski definition) is 2. The lowest BCUT2D eigenvalue weighted by Crippen LogP contribution is -2.45. The Labute approximate surface area is 169 Å². The van der Waals surface area contributed by atoms with Gasteiger partial charge in [0, 0.05) is 23.9 Å². The monoisotopic (exact) mass is 382 g/mol.